The number of rotatable bonds is 9. The molecular weight excluding hydrogens is 528 g/mol. The van der Waals surface area contributed by atoms with Crippen LogP contribution in [-0.2, 0) is 14.8 Å². The topological polar surface area (TPSA) is 94.2 Å². The third-order valence-corrected chi connectivity index (χ3v) is 8.16. The molecule has 1 aliphatic rings. The van der Waals surface area contributed by atoms with Gasteiger partial charge in [0.05, 0.1) is 30.3 Å². The summed E-state index contributed by atoms with van der Waals surface area (Å²) < 4.78 is 45.8. The molecule has 0 spiro atoms. The minimum Gasteiger partial charge on any atom is -0.497 e. The molecule has 10 heteroatoms. The number of anilines is 1. The first kappa shape index (κ1) is 27.6. The molecule has 202 valence electrons. The molecule has 0 bridgehead atoms. The number of amides is 1. The molecule has 1 amide bonds. The van der Waals surface area contributed by atoms with Crippen LogP contribution >= 0.6 is 11.6 Å². The average Bonchev–Trinajstić information content (AvgIpc) is 2.87. The van der Waals surface area contributed by atoms with E-state index in [1.807, 2.05) is 19.9 Å². The predicted octanol–water partition coefficient (Wildman–Crippen LogP) is 5.36. The summed E-state index contributed by atoms with van der Waals surface area (Å²) in [5.74, 6) is 1.13. The van der Waals surface area contributed by atoms with Crippen molar-refractivity contribution < 1.29 is 27.4 Å². The Labute approximate surface area is 228 Å². The van der Waals surface area contributed by atoms with E-state index >= 15 is 0 Å². The van der Waals surface area contributed by atoms with Crippen LogP contribution in [0.4, 0.5) is 5.69 Å². The molecule has 1 aliphatic heterocycles. The lowest BCUT2D eigenvalue weighted by molar-refractivity contribution is -0.120. The fraction of sp³-hybridized carbons (Fsp3) is 0.321. The maximum absolute atomic E-state index is 13.8. The molecule has 8 nitrogen and oxygen atoms in total. The van der Waals surface area contributed by atoms with E-state index in [0.29, 0.717) is 35.3 Å². The van der Waals surface area contributed by atoms with Crippen LogP contribution in [0.3, 0.4) is 0 Å². The Morgan fingerprint density at radius 2 is 1.84 bits per heavy atom. The van der Waals surface area contributed by atoms with E-state index < -0.39 is 34.1 Å². The van der Waals surface area contributed by atoms with Crippen molar-refractivity contribution in [1.29, 1.82) is 0 Å². The van der Waals surface area contributed by atoms with Crippen molar-refractivity contribution in [1.82, 2.24) is 5.32 Å². The molecule has 3 aromatic rings. The predicted molar refractivity (Wildman–Crippen MR) is 147 cm³/mol. The first-order chi connectivity index (χ1) is 18.0. The minimum absolute atomic E-state index is 0.00522. The van der Waals surface area contributed by atoms with Crippen LogP contribution in [-0.4, -0.2) is 40.2 Å². The molecule has 1 heterocycles. The molecule has 0 fully saturated rings. The van der Waals surface area contributed by atoms with Crippen LogP contribution in [0.2, 0.25) is 5.02 Å². The number of methoxy groups -OCH3 is 1. The van der Waals surface area contributed by atoms with Crippen LogP contribution in [0.25, 0.3) is 0 Å². The Hall–Kier alpha value is -3.43. The maximum Gasteiger partial charge on any atom is 0.264 e. The lowest BCUT2D eigenvalue weighted by atomic mass is 9.89. The van der Waals surface area contributed by atoms with Crippen molar-refractivity contribution in [3.63, 3.8) is 0 Å². The van der Waals surface area contributed by atoms with Gasteiger partial charge < -0.3 is 19.5 Å². The molecule has 0 aromatic heterocycles. The van der Waals surface area contributed by atoms with Crippen molar-refractivity contribution in [3.8, 4) is 17.2 Å². The van der Waals surface area contributed by atoms with Crippen LogP contribution in [0.15, 0.2) is 71.6 Å². The number of sulfonamides is 1. The van der Waals surface area contributed by atoms with Gasteiger partial charge in [-0.25, -0.2) is 8.42 Å². The molecule has 1 atom stereocenters. The summed E-state index contributed by atoms with van der Waals surface area (Å²) in [6, 6.07) is 17.6. The minimum atomic E-state index is -4.15. The van der Waals surface area contributed by atoms with E-state index in [2.05, 4.69) is 5.32 Å². The second-order valence-corrected chi connectivity index (χ2v) is 11.8. The molecule has 1 N–H and O–H groups in total. The van der Waals surface area contributed by atoms with E-state index in [4.69, 9.17) is 25.8 Å². The molecule has 3 aromatic carbocycles. The van der Waals surface area contributed by atoms with E-state index in [1.165, 1.54) is 24.3 Å². The van der Waals surface area contributed by atoms with Crippen molar-refractivity contribution >= 4 is 33.2 Å². The van der Waals surface area contributed by atoms with Crippen molar-refractivity contribution in [2.24, 2.45) is 0 Å². The van der Waals surface area contributed by atoms with Gasteiger partial charge in [0.25, 0.3) is 10.0 Å². The first-order valence-corrected chi connectivity index (χ1v) is 14.0. The van der Waals surface area contributed by atoms with E-state index in [0.717, 1.165) is 9.87 Å². The molecular formula is C28H31ClN2O6S. The van der Waals surface area contributed by atoms with Gasteiger partial charge in [-0.1, -0.05) is 23.7 Å². The maximum atomic E-state index is 13.8. The summed E-state index contributed by atoms with van der Waals surface area (Å²) in [7, 11) is -2.57. The van der Waals surface area contributed by atoms with E-state index in [1.54, 1.807) is 50.4 Å². The summed E-state index contributed by atoms with van der Waals surface area (Å²) >= 11 is 5.99. The van der Waals surface area contributed by atoms with Gasteiger partial charge in [0, 0.05) is 23.1 Å². The highest BCUT2D eigenvalue weighted by atomic mass is 35.5. The normalized spacial score (nSPS) is 16.1. The standard InChI is InChI=1S/C28H31ClN2O6S/c1-5-36-25-9-7-6-8-24(25)31(38(33,34)21-13-10-19(29)11-14-21)18-27(32)30-23-17-28(2,3)37-26-16-20(35-4)12-15-22(23)26/h6-16,23H,5,17-18H2,1-4H3,(H,30,32). The average molecular weight is 559 g/mol. The second-order valence-electron chi connectivity index (χ2n) is 9.46. The number of ether oxygens (including phenoxy) is 3. The number of hydrogen-bond acceptors (Lipinski definition) is 6. The Morgan fingerprint density at radius 3 is 2.53 bits per heavy atom. The van der Waals surface area contributed by atoms with Gasteiger partial charge in [0.2, 0.25) is 5.91 Å². The van der Waals surface area contributed by atoms with Gasteiger partial charge in [0.15, 0.2) is 0 Å². The molecule has 1 unspecified atom stereocenters. The zero-order valence-corrected chi connectivity index (χ0v) is 23.3. The monoisotopic (exact) mass is 558 g/mol. The number of carbonyl (C=O) groups is 1. The lowest BCUT2D eigenvalue weighted by Crippen LogP contribution is -2.45. The fourth-order valence-electron chi connectivity index (χ4n) is 4.43. The molecule has 4 rings (SSSR count). The Bertz CT molecular complexity index is 1410. The smallest absolute Gasteiger partial charge is 0.264 e. The molecule has 0 saturated carbocycles. The summed E-state index contributed by atoms with van der Waals surface area (Å²) in [5.41, 5.74) is 0.491. The molecule has 38 heavy (non-hydrogen) atoms. The van der Waals surface area contributed by atoms with Crippen LogP contribution in [0.5, 0.6) is 17.2 Å². The van der Waals surface area contributed by atoms with E-state index in [-0.39, 0.29) is 10.6 Å². The van der Waals surface area contributed by atoms with Gasteiger partial charge in [-0.2, -0.15) is 0 Å². The highest BCUT2D eigenvalue weighted by molar-refractivity contribution is 7.92. The van der Waals surface area contributed by atoms with Gasteiger partial charge in [0.1, 0.15) is 29.4 Å². The molecule has 0 aliphatic carbocycles. The van der Waals surface area contributed by atoms with Crippen molar-refractivity contribution in [2.45, 2.75) is 43.7 Å². The number of hydrogen-bond donors (Lipinski definition) is 1. The number of carbonyl (C=O) groups excluding carboxylic acids is 1. The van der Waals surface area contributed by atoms with Crippen LogP contribution in [0.1, 0.15) is 38.8 Å². The largest absolute Gasteiger partial charge is 0.497 e. The number of para-hydroxylation sites is 2. The van der Waals surface area contributed by atoms with Gasteiger partial charge in [-0.05, 0) is 69.3 Å². The van der Waals surface area contributed by atoms with Gasteiger partial charge in [-0.15, -0.1) is 0 Å². The van der Waals surface area contributed by atoms with Gasteiger partial charge in [-0.3, -0.25) is 9.10 Å². The number of benzene rings is 3. The Morgan fingerprint density at radius 1 is 1.13 bits per heavy atom. The Kier molecular flexibility index (Phi) is 8.08. The number of nitrogens with one attached hydrogen (secondary N) is 1. The third kappa shape index (κ3) is 6.00. The fourth-order valence-corrected chi connectivity index (χ4v) is 5.99. The van der Waals surface area contributed by atoms with Gasteiger partial charge >= 0.3 is 0 Å². The summed E-state index contributed by atoms with van der Waals surface area (Å²) in [5, 5.41) is 3.43. The lowest BCUT2D eigenvalue weighted by Gasteiger charge is -2.38. The number of fused-ring (bicyclic) bond motifs is 1. The molecule has 0 saturated heterocycles. The number of halogens is 1. The van der Waals surface area contributed by atoms with Crippen LogP contribution in [0, 0.1) is 0 Å². The second kappa shape index (κ2) is 11.1. The Balaban J connectivity index is 1.68. The highest BCUT2D eigenvalue weighted by Gasteiger charge is 2.36. The summed E-state index contributed by atoms with van der Waals surface area (Å²) in [6.45, 7) is 5.54. The quantitative estimate of drug-likeness (QED) is 0.380. The van der Waals surface area contributed by atoms with Crippen LogP contribution < -0.4 is 23.8 Å². The number of nitrogens with zero attached hydrogens (tertiary/aromatic N) is 1. The SMILES string of the molecule is CCOc1ccccc1N(CC(=O)NC1CC(C)(C)Oc2cc(OC)ccc21)S(=O)(=O)c1ccc(Cl)cc1. The zero-order chi connectivity index (χ0) is 27.5. The third-order valence-electron chi connectivity index (χ3n) is 6.14. The summed E-state index contributed by atoms with van der Waals surface area (Å²) in [6.07, 6.45) is 0.498. The highest BCUT2D eigenvalue weighted by Crippen LogP contribution is 2.41. The molecule has 0 radical (unpaired) electrons. The first-order valence-electron chi connectivity index (χ1n) is 12.2. The van der Waals surface area contributed by atoms with Crippen molar-refractivity contribution in [2.75, 3.05) is 24.6 Å². The van der Waals surface area contributed by atoms with Crippen molar-refractivity contribution in [3.05, 3.63) is 77.3 Å². The zero-order valence-electron chi connectivity index (χ0n) is 21.7. The van der Waals surface area contributed by atoms with E-state index in [9.17, 15) is 13.2 Å². The summed E-state index contributed by atoms with van der Waals surface area (Å²) in [4.78, 5) is 13.5.